The normalized spacial score (nSPS) is 21.8. The van der Waals surface area contributed by atoms with Gasteiger partial charge in [-0.05, 0) is 30.7 Å². The lowest BCUT2D eigenvalue weighted by atomic mass is 9.79. The van der Waals surface area contributed by atoms with Crippen LogP contribution < -0.4 is 16.2 Å². The molecule has 1 saturated heterocycles. The van der Waals surface area contributed by atoms with Crippen molar-refractivity contribution in [2.24, 2.45) is 17.6 Å². The third kappa shape index (κ3) is 4.84. The van der Waals surface area contributed by atoms with Crippen LogP contribution in [0.15, 0.2) is 30.5 Å². The lowest BCUT2D eigenvalue weighted by Crippen LogP contribution is -2.59. The van der Waals surface area contributed by atoms with Crippen LogP contribution in [0, 0.1) is 29.0 Å². The first-order chi connectivity index (χ1) is 15.4. The van der Waals surface area contributed by atoms with Crippen LogP contribution in [0.1, 0.15) is 29.7 Å². The van der Waals surface area contributed by atoms with E-state index in [9.17, 15) is 37.5 Å². The van der Waals surface area contributed by atoms with Crippen molar-refractivity contribution in [2.75, 3.05) is 11.9 Å². The fraction of sp³-hybridized carbons (Fsp3) is 0.400. The molecule has 0 bridgehead atoms. The number of halogens is 4. The zero-order valence-corrected chi connectivity index (χ0v) is 17.2. The Bertz CT molecular complexity index is 1080. The highest BCUT2D eigenvalue weighted by atomic mass is 19.4. The van der Waals surface area contributed by atoms with Crippen molar-refractivity contribution in [1.29, 1.82) is 5.26 Å². The summed E-state index contributed by atoms with van der Waals surface area (Å²) < 4.78 is 54.7. The maximum absolute atomic E-state index is 13.5. The van der Waals surface area contributed by atoms with Crippen LogP contribution >= 0.6 is 0 Å². The molecule has 176 valence electrons. The average Bonchev–Trinajstić information content (AvgIpc) is 3.16. The van der Waals surface area contributed by atoms with E-state index in [1.807, 2.05) is 0 Å². The van der Waals surface area contributed by atoms with Gasteiger partial charge >= 0.3 is 6.18 Å². The number of hydrogen-bond donors (Lipinski definition) is 2. The average molecular weight is 467 g/mol. The van der Waals surface area contributed by atoms with Crippen LogP contribution in [0.4, 0.5) is 33.9 Å². The van der Waals surface area contributed by atoms with Gasteiger partial charge in [-0.1, -0.05) is 6.92 Å². The number of aromatic nitrogens is 2. The number of nitrogens with zero attached hydrogens (tertiary/aromatic N) is 4. The van der Waals surface area contributed by atoms with E-state index in [1.165, 1.54) is 18.3 Å². The molecule has 0 radical (unpaired) electrons. The SMILES string of the molecule is CC(C1[C@H](C#N)[C@H](n2cc(C(N)=O)c(Nc3ccc(F)cc3)n2)CCN1C(=O)[O-])C(F)(F)F. The maximum atomic E-state index is 13.5. The third-order valence-electron chi connectivity index (χ3n) is 5.66. The number of amides is 2. The van der Waals surface area contributed by atoms with E-state index in [0.717, 1.165) is 23.7 Å². The molecule has 2 heterocycles. The number of primary amides is 1. The van der Waals surface area contributed by atoms with E-state index in [0.29, 0.717) is 10.6 Å². The van der Waals surface area contributed by atoms with Crippen LogP contribution in [-0.4, -0.2) is 45.4 Å². The second-order valence-electron chi connectivity index (χ2n) is 7.66. The molecule has 1 aliphatic rings. The summed E-state index contributed by atoms with van der Waals surface area (Å²) in [5.41, 5.74) is 5.64. The van der Waals surface area contributed by atoms with Crippen molar-refractivity contribution in [1.82, 2.24) is 14.7 Å². The molecular weight excluding hydrogens is 448 g/mol. The van der Waals surface area contributed by atoms with E-state index in [4.69, 9.17) is 5.73 Å². The molecule has 2 amide bonds. The second kappa shape index (κ2) is 8.97. The molecule has 1 fully saturated rings. The van der Waals surface area contributed by atoms with Crippen molar-refractivity contribution in [3.63, 3.8) is 0 Å². The van der Waals surface area contributed by atoms with Crippen molar-refractivity contribution in [2.45, 2.75) is 31.6 Å². The predicted octanol–water partition coefficient (Wildman–Crippen LogP) is 2.16. The summed E-state index contributed by atoms with van der Waals surface area (Å²) in [6, 6.07) is 4.12. The van der Waals surface area contributed by atoms with Crippen LogP contribution in [0.3, 0.4) is 0 Å². The van der Waals surface area contributed by atoms with Gasteiger partial charge in [0.05, 0.1) is 30.0 Å². The lowest BCUT2D eigenvalue weighted by molar-refractivity contribution is -0.276. The van der Waals surface area contributed by atoms with Crippen LogP contribution in [0.25, 0.3) is 0 Å². The number of carbonyl (C=O) groups excluding carboxylic acids is 2. The quantitative estimate of drug-likeness (QED) is 0.646. The van der Waals surface area contributed by atoms with Gasteiger partial charge in [-0.25, -0.2) is 4.39 Å². The number of likely N-dealkylation sites (tertiary alicyclic amines) is 1. The van der Waals surface area contributed by atoms with Gasteiger partial charge in [0.15, 0.2) is 5.82 Å². The summed E-state index contributed by atoms with van der Waals surface area (Å²) in [5.74, 6) is -5.05. The molecule has 0 saturated carbocycles. The van der Waals surface area contributed by atoms with Gasteiger partial charge in [0.25, 0.3) is 5.91 Å². The number of carboxylic acid groups (broad SMARTS) is 1. The molecule has 9 nitrogen and oxygen atoms in total. The Morgan fingerprint density at radius 1 is 1.33 bits per heavy atom. The van der Waals surface area contributed by atoms with Crippen molar-refractivity contribution in [3.05, 3.63) is 41.8 Å². The highest BCUT2D eigenvalue weighted by Gasteiger charge is 2.51. The highest BCUT2D eigenvalue weighted by Crippen LogP contribution is 2.41. The van der Waals surface area contributed by atoms with E-state index in [-0.39, 0.29) is 24.3 Å². The smallest absolute Gasteiger partial charge is 0.393 e. The van der Waals surface area contributed by atoms with Crippen LogP contribution in [-0.2, 0) is 0 Å². The Labute approximate surface area is 185 Å². The largest absolute Gasteiger partial charge is 0.530 e. The van der Waals surface area contributed by atoms with Gasteiger partial charge in [-0.2, -0.15) is 23.5 Å². The van der Waals surface area contributed by atoms with Crippen molar-refractivity contribution < 1.29 is 32.3 Å². The Morgan fingerprint density at radius 2 is 1.97 bits per heavy atom. The minimum absolute atomic E-state index is 0.0476. The van der Waals surface area contributed by atoms with Crippen LogP contribution in [0.2, 0.25) is 0 Å². The molecule has 13 heteroatoms. The summed E-state index contributed by atoms with van der Waals surface area (Å²) in [6.07, 6.45) is -5.45. The third-order valence-corrected chi connectivity index (χ3v) is 5.66. The first kappa shape index (κ1) is 23.8. The number of rotatable bonds is 5. The Hall–Kier alpha value is -3.82. The number of anilines is 2. The minimum Gasteiger partial charge on any atom is -0.530 e. The standard InChI is InChI=1S/C20H20F4N6O3/c1-10(20(22,23)24)16-13(8-25)15(6-7-29(16)19(32)33)30-9-14(17(26)31)18(28-30)27-12-4-2-11(21)3-5-12/h2-5,9-10,13,15-16H,6-7H2,1H3,(H2,26,31)(H,27,28)(H,32,33)/p-1/t10?,13-,15-,16?/m1/s1. The lowest BCUT2D eigenvalue weighted by Gasteiger charge is -2.46. The number of nitrogens with two attached hydrogens (primary N) is 1. The molecule has 0 spiro atoms. The zero-order chi connectivity index (χ0) is 24.5. The molecule has 3 rings (SSSR count). The number of nitrogens with one attached hydrogen (secondary N) is 1. The zero-order valence-electron chi connectivity index (χ0n) is 17.2. The van der Waals surface area contributed by atoms with Gasteiger partial charge in [-0.3, -0.25) is 9.48 Å². The van der Waals surface area contributed by atoms with Crippen molar-refractivity contribution >= 4 is 23.5 Å². The van der Waals surface area contributed by atoms with Crippen LogP contribution in [0.5, 0.6) is 0 Å². The molecule has 2 aromatic rings. The molecule has 2 unspecified atom stereocenters. The van der Waals surface area contributed by atoms with E-state index < -0.39 is 47.9 Å². The number of piperidine rings is 1. The monoisotopic (exact) mass is 467 g/mol. The highest BCUT2D eigenvalue weighted by molar-refractivity contribution is 5.98. The molecule has 3 N–H and O–H groups in total. The number of hydrogen-bond acceptors (Lipinski definition) is 6. The molecule has 0 aliphatic carbocycles. The summed E-state index contributed by atoms with van der Waals surface area (Å²) in [4.78, 5) is 23.9. The molecule has 33 heavy (non-hydrogen) atoms. The van der Waals surface area contributed by atoms with Gasteiger partial charge in [0.1, 0.15) is 17.5 Å². The fourth-order valence-electron chi connectivity index (χ4n) is 3.97. The molecule has 4 atom stereocenters. The Balaban J connectivity index is 2.00. The number of carbonyl (C=O) groups is 2. The summed E-state index contributed by atoms with van der Waals surface area (Å²) in [5, 5.41) is 28.2. The minimum atomic E-state index is -4.77. The van der Waals surface area contributed by atoms with Crippen molar-refractivity contribution in [3.8, 4) is 6.07 Å². The summed E-state index contributed by atoms with van der Waals surface area (Å²) in [7, 11) is 0. The molecule has 1 aliphatic heterocycles. The Morgan fingerprint density at radius 3 is 2.48 bits per heavy atom. The number of alkyl halides is 3. The molecule has 1 aromatic heterocycles. The summed E-state index contributed by atoms with van der Waals surface area (Å²) >= 11 is 0. The van der Waals surface area contributed by atoms with E-state index in [1.54, 1.807) is 6.07 Å². The van der Waals surface area contributed by atoms with E-state index >= 15 is 0 Å². The van der Waals surface area contributed by atoms with Gasteiger partial charge in [-0.15, -0.1) is 0 Å². The topological polar surface area (TPSA) is 140 Å². The number of benzene rings is 1. The van der Waals surface area contributed by atoms with Gasteiger partial charge in [0.2, 0.25) is 0 Å². The van der Waals surface area contributed by atoms with E-state index in [2.05, 4.69) is 10.4 Å². The van der Waals surface area contributed by atoms with Gasteiger partial charge in [0, 0.05) is 18.4 Å². The maximum Gasteiger partial charge on any atom is 0.393 e. The predicted molar refractivity (Wildman–Crippen MR) is 104 cm³/mol. The molecule has 1 aromatic carbocycles. The summed E-state index contributed by atoms with van der Waals surface area (Å²) in [6.45, 7) is 0.468. The van der Waals surface area contributed by atoms with Gasteiger partial charge < -0.3 is 25.9 Å². The molecular formula is C20H19F4N6O3-. The first-order valence-electron chi connectivity index (χ1n) is 9.79. The first-order valence-corrected chi connectivity index (χ1v) is 9.79. The number of nitriles is 1. The Kier molecular flexibility index (Phi) is 6.48. The second-order valence-corrected chi connectivity index (χ2v) is 7.66. The fourth-order valence-corrected chi connectivity index (χ4v) is 3.97.